The van der Waals surface area contributed by atoms with Crippen LogP contribution in [0.5, 0.6) is 0 Å². The molecule has 0 saturated carbocycles. The first-order valence-electron chi connectivity index (χ1n) is 6.71. The Morgan fingerprint density at radius 3 is 2.62 bits per heavy atom. The monoisotopic (exact) mass is 292 g/mol. The van der Waals surface area contributed by atoms with Crippen molar-refractivity contribution in [3.8, 4) is 5.95 Å². The summed E-state index contributed by atoms with van der Waals surface area (Å²) in [6.07, 6.45) is 2.96. The van der Waals surface area contributed by atoms with Gasteiger partial charge in [-0.15, -0.1) is 0 Å². The van der Waals surface area contributed by atoms with Crippen molar-refractivity contribution in [1.29, 1.82) is 0 Å². The summed E-state index contributed by atoms with van der Waals surface area (Å²) in [4.78, 5) is 16.7. The second kappa shape index (κ2) is 6.44. The quantitative estimate of drug-likeness (QED) is 0.769. The second-order valence-corrected chi connectivity index (χ2v) is 4.92. The standard InChI is InChI=1S/C12H20N8O/c1-5-21-12(2,3)6-15-10-17-9(13-4)18-11(19-10)20-8-14-7-16-20/h7-8H,5-6H2,1-4H3,(H2,13,15,17,18,19). The fourth-order valence-electron chi connectivity index (χ4n) is 1.70. The Kier molecular flexibility index (Phi) is 4.63. The Morgan fingerprint density at radius 2 is 2.00 bits per heavy atom. The molecule has 0 radical (unpaired) electrons. The van der Waals surface area contributed by atoms with E-state index in [-0.39, 0.29) is 5.60 Å². The number of hydrogen-bond donors (Lipinski definition) is 2. The van der Waals surface area contributed by atoms with Crippen LogP contribution >= 0.6 is 0 Å². The smallest absolute Gasteiger partial charge is 0.258 e. The molecular weight excluding hydrogens is 272 g/mol. The van der Waals surface area contributed by atoms with Gasteiger partial charge in [-0.2, -0.15) is 24.7 Å². The van der Waals surface area contributed by atoms with Crippen molar-refractivity contribution in [2.24, 2.45) is 0 Å². The van der Waals surface area contributed by atoms with Crippen LogP contribution in [0, 0.1) is 0 Å². The van der Waals surface area contributed by atoms with Crippen molar-refractivity contribution in [2.45, 2.75) is 26.4 Å². The van der Waals surface area contributed by atoms with E-state index in [4.69, 9.17) is 4.74 Å². The predicted molar refractivity (Wildman–Crippen MR) is 78.5 cm³/mol. The molecule has 0 aliphatic carbocycles. The fourth-order valence-corrected chi connectivity index (χ4v) is 1.70. The highest BCUT2D eigenvalue weighted by Crippen LogP contribution is 2.12. The van der Waals surface area contributed by atoms with Crippen LogP contribution in [0.3, 0.4) is 0 Å². The van der Waals surface area contributed by atoms with Gasteiger partial charge < -0.3 is 15.4 Å². The van der Waals surface area contributed by atoms with Crippen LogP contribution in [0.4, 0.5) is 11.9 Å². The minimum atomic E-state index is -0.311. The van der Waals surface area contributed by atoms with E-state index in [0.29, 0.717) is 31.0 Å². The summed E-state index contributed by atoms with van der Waals surface area (Å²) in [6.45, 7) is 7.19. The van der Waals surface area contributed by atoms with Gasteiger partial charge in [-0.25, -0.2) is 4.98 Å². The normalized spacial score (nSPS) is 11.4. The average Bonchev–Trinajstić information content (AvgIpc) is 2.99. The number of nitrogens with one attached hydrogen (secondary N) is 2. The second-order valence-electron chi connectivity index (χ2n) is 4.92. The molecule has 114 valence electrons. The molecule has 21 heavy (non-hydrogen) atoms. The lowest BCUT2D eigenvalue weighted by molar-refractivity contribution is 0.000579. The van der Waals surface area contributed by atoms with Gasteiger partial charge in [0.15, 0.2) is 0 Å². The summed E-state index contributed by atoms with van der Waals surface area (Å²) >= 11 is 0. The molecule has 0 spiro atoms. The summed E-state index contributed by atoms with van der Waals surface area (Å²) < 4.78 is 7.11. The van der Waals surface area contributed by atoms with Crippen LogP contribution in [0.25, 0.3) is 5.95 Å². The molecular formula is C12H20N8O. The maximum absolute atomic E-state index is 5.63. The highest BCUT2D eigenvalue weighted by atomic mass is 16.5. The van der Waals surface area contributed by atoms with E-state index in [1.807, 2.05) is 20.8 Å². The van der Waals surface area contributed by atoms with Gasteiger partial charge in [0, 0.05) is 20.2 Å². The van der Waals surface area contributed by atoms with Gasteiger partial charge in [0.25, 0.3) is 5.95 Å². The molecule has 2 aromatic rings. The molecule has 0 fully saturated rings. The maximum Gasteiger partial charge on any atom is 0.258 e. The molecule has 9 heteroatoms. The average molecular weight is 292 g/mol. The number of nitrogens with zero attached hydrogens (tertiary/aromatic N) is 6. The molecule has 2 rings (SSSR count). The largest absolute Gasteiger partial charge is 0.374 e. The molecule has 0 bridgehead atoms. The number of aromatic nitrogens is 6. The van der Waals surface area contributed by atoms with E-state index < -0.39 is 0 Å². The lowest BCUT2D eigenvalue weighted by atomic mass is 10.1. The molecule has 0 aliphatic heterocycles. The van der Waals surface area contributed by atoms with Crippen LogP contribution in [0.2, 0.25) is 0 Å². The molecule has 0 saturated heterocycles. The van der Waals surface area contributed by atoms with Crippen molar-refractivity contribution >= 4 is 11.9 Å². The van der Waals surface area contributed by atoms with E-state index in [1.165, 1.54) is 17.3 Å². The van der Waals surface area contributed by atoms with Crippen LogP contribution < -0.4 is 10.6 Å². The Labute approximate surface area is 123 Å². The SMILES string of the molecule is CCOC(C)(C)CNc1nc(NC)nc(-n2cncn2)n1. The molecule has 0 unspecified atom stereocenters. The van der Waals surface area contributed by atoms with E-state index in [1.54, 1.807) is 7.05 Å². The third-order valence-corrected chi connectivity index (χ3v) is 2.68. The minimum Gasteiger partial charge on any atom is -0.374 e. The zero-order valence-corrected chi connectivity index (χ0v) is 12.7. The fraction of sp³-hybridized carbons (Fsp3) is 0.583. The Bertz CT molecular complexity index is 569. The van der Waals surface area contributed by atoms with E-state index in [0.717, 1.165) is 0 Å². The van der Waals surface area contributed by atoms with Crippen molar-refractivity contribution in [2.75, 3.05) is 30.8 Å². The summed E-state index contributed by atoms with van der Waals surface area (Å²) in [5, 5.41) is 10.1. The van der Waals surface area contributed by atoms with Crippen LogP contribution in [-0.4, -0.2) is 55.5 Å². The van der Waals surface area contributed by atoms with Gasteiger partial charge in [-0.3, -0.25) is 0 Å². The molecule has 0 atom stereocenters. The zero-order valence-electron chi connectivity index (χ0n) is 12.7. The molecule has 0 amide bonds. The van der Waals surface area contributed by atoms with Crippen LogP contribution in [-0.2, 0) is 4.74 Å². The highest BCUT2D eigenvalue weighted by molar-refractivity contribution is 5.37. The van der Waals surface area contributed by atoms with Gasteiger partial charge in [-0.1, -0.05) is 0 Å². The number of rotatable bonds is 7. The highest BCUT2D eigenvalue weighted by Gasteiger charge is 2.18. The molecule has 0 aromatic carbocycles. The Balaban J connectivity index is 2.18. The van der Waals surface area contributed by atoms with E-state index >= 15 is 0 Å². The topological polar surface area (TPSA) is 103 Å². The summed E-state index contributed by atoms with van der Waals surface area (Å²) in [6, 6.07) is 0. The van der Waals surface area contributed by atoms with Gasteiger partial charge in [0.2, 0.25) is 11.9 Å². The summed E-state index contributed by atoms with van der Waals surface area (Å²) in [5.74, 6) is 1.29. The zero-order chi connectivity index (χ0) is 15.3. The van der Waals surface area contributed by atoms with Gasteiger partial charge in [-0.05, 0) is 20.8 Å². The first kappa shape index (κ1) is 15.1. The number of hydrogen-bond acceptors (Lipinski definition) is 8. The molecule has 2 heterocycles. The van der Waals surface area contributed by atoms with Crippen molar-refractivity contribution in [3.05, 3.63) is 12.7 Å². The van der Waals surface area contributed by atoms with Crippen LogP contribution in [0.1, 0.15) is 20.8 Å². The third kappa shape index (κ3) is 4.09. The van der Waals surface area contributed by atoms with Gasteiger partial charge in [0.1, 0.15) is 12.7 Å². The Hall–Kier alpha value is -2.29. The van der Waals surface area contributed by atoms with Crippen LogP contribution in [0.15, 0.2) is 12.7 Å². The minimum absolute atomic E-state index is 0.311. The van der Waals surface area contributed by atoms with E-state index in [2.05, 4.69) is 35.7 Å². The first-order valence-corrected chi connectivity index (χ1v) is 6.71. The third-order valence-electron chi connectivity index (χ3n) is 2.68. The van der Waals surface area contributed by atoms with Gasteiger partial charge >= 0.3 is 0 Å². The number of anilines is 2. The predicted octanol–water partition coefficient (Wildman–Crippen LogP) is 0.721. The Morgan fingerprint density at radius 1 is 1.24 bits per heavy atom. The summed E-state index contributed by atoms with van der Waals surface area (Å²) in [7, 11) is 1.74. The molecule has 0 aliphatic rings. The number of ether oxygens (including phenoxy) is 1. The molecule has 2 N–H and O–H groups in total. The lowest BCUT2D eigenvalue weighted by Gasteiger charge is -2.24. The van der Waals surface area contributed by atoms with Crippen molar-refractivity contribution in [3.63, 3.8) is 0 Å². The first-order chi connectivity index (χ1) is 10.0. The molecule has 9 nitrogen and oxygen atoms in total. The maximum atomic E-state index is 5.63. The van der Waals surface area contributed by atoms with Gasteiger partial charge in [0.05, 0.1) is 5.60 Å². The lowest BCUT2D eigenvalue weighted by Crippen LogP contribution is -2.34. The molecule has 2 aromatic heterocycles. The summed E-state index contributed by atoms with van der Waals surface area (Å²) in [5.41, 5.74) is -0.311. The van der Waals surface area contributed by atoms with Crippen molar-refractivity contribution in [1.82, 2.24) is 29.7 Å². The van der Waals surface area contributed by atoms with Crippen molar-refractivity contribution < 1.29 is 4.74 Å². The van der Waals surface area contributed by atoms with E-state index in [9.17, 15) is 0 Å².